The van der Waals surface area contributed by atoms with Gasteiger partial charge in [-0.1, -0.05) is 5.16 Å². The maximum Gasteiger partial charge on any atom is 0.337 e. The molecule has 0 amide bonds. The van der Waals surface area contributed by atoms with E-state index in [1.807, 2.05) is 0 Å². The molecule has 0 aliphatic heterocycles. The van der Waals surface area contributed by atoms with Gasteiger partial charge in [0.1, 0.15) is 5.69 Å². The van der Waals surface area contributed by atoms with Gasteiger partial charge >= 0.3 is 5.97 Å². The average Bonchev–Trinajstić information content (AvgIpc) is 2.71. The summed E-state index contributed by atoms with van der Waals surface area (Å²) < 4.78 is 31.7. The fourth-order valence-electron chi connectivity index (χ4n) is 1.88. The molecule has 1 heterocycles. The maximum absolute atomic E-state index is 12.3. The number of nitrogen functional groups attached to an aromatic ring is 1. The number of aryl methyl sites for hydroxylation is 2. The molecule has 0 saturated carbocycles. The van der Waals surface area contributed by atoms with Crippen LogP contribution in [0.1, 0.15) is 21.8 Å². The Bertz CT molecular complexity index is 791. The first-order chi connectivity index (χ1) is 9.72. The van der Waals surface area contributed by atoms with Gasteiger partial charge in [0.05, 0.1) is 11.3 Å². The highest BCUT2D eigenvalue weighted by Crippen LogP contribution is 2.25. The van der Waals surface area contributed by atoms with Gasteiger partial charge in [-0.25, -0.2) is 13.2 Å². The summed E-state index contributed by atoms with van der Waals surface area (Å²) in [7, 11) is -4.01. The van der Waals surface area contributed by atoms with Gasteiger partial charge in [0.2, 0.25) is 0 Å². The fourth-order valence-corrected chi connectivity index (χ4v) is 3.29. The molecule has 0 bridgehead atoms. The SMILES string of the molecule is Cc1noc(C)c1S(=O)(=O)Nc1ccc(N)cc1C(=O)O. The largest absolute Gasteiger partial charge is 0.478 e. The Hall–Kier alpha value is -2.55. The van der Waals surface area contributed by atoms with E-state index in [2.05, 4.69) is 9.88 Å². The number of rotatable bonds is 4. The van der Waals surface area contributed by atoms with Crippen molar-refractivity contribution in [1.82, 2.24) is 5.16 Å². The Morgan fingerprint density at radius 1 is 1.38 bits per heavy atom. The van der Waals surface area contributed by atoms with Crippen LogP contribution in [-0.4, -0.2) is 24.7 Å². The van der Waals surface area contributed by atoms with Gasteiger partial charge in [0.25, 0.3) is 10.0 Å². The smallest absolute Gasteiger partial charge is 0.337 e. The van der Waals surface area contributed by atoms with E-state index in [1.165, 1.54) is 32.0 Å². The van der Waals surface area contributed by atoms with Crippen LogP contribution in [0.2, 0.25) is 0 Å². The molecule has 8 nitrogen and oxygen atoms in total. The number of nitrogens with two attached hydrogens (primary N) is 1. The van der Waals surface area contributed by atoms with Crippen LogP contribution in [0.5, 0.6) is 0 Å². The van der Waals surface area contributed by atoms with E-state index >= 15 is 0 Å². The fraction of sp³-hybridized carbons (Fsp3) is 0.167. The van der Waals surface area contributed by atoms with E-state index in [0.29, 0.717) is 0 Å². The minimum atomic E-state index is -4.01. The number of hydrogen-bond donors (Lipinski definition) is 3. The Kier molecular flexibility index (Phi) is 3.60. The van der Waals surface area contributed by atoms with E-state index in [9.17, 15) is 13.2 Å². The van der Waals surface area contributed by atoms with Gasteiger partial charge in [0.15, 0.2) is 10.7 Å². The predicted octanol–water partition coefficient (Wildman–Crippen LogP) is 1.37. The van der Waals surface area contributed by atoms with Crippen molar-refractivity contribution in [2.45, 2.75) is 18.7 Å². The predicted molar refractivity (Wildman–Crippen MR) is 74.6 cm³/mol. The topological polar surface area (TPSA) is 136 Å². The molecule has 0 saturated heterocycles. The Balaban J connectivity index is 2.50. The second-order valence-corrected chi connectivity index (χ2v) is 5.99. The summed E-state index contributed by atoms with van der Waals surface area (Å²) in [5.41, 5.74) is 5.58. The van der Waals surface area contributed by atoms with Crippen molar-refractivity contribution in [1.29, 1.82) is 0 Å². The molecule has 4 N–H and O–H groups in total. The zero-order valence-corrected chi connectivity index (χ0v) is 12.1. The first-order valence-corrected chi connectivity index (χ1v) is 7.29. The highest BCUT2D eigenvalue weighted by atomic mass is 32.2. The summed E-state index contributed by atoms with van der Waals surface area (Å²) in [6, 6.07) is 3.86. The lowest BCUT2D eigenvalue weighted by atomic mass is 10.1. The number of anilines is 2. The molecule has 2 rings (SSSR count). The number of nitrogens with one attached hydrogen (secondary N) is 1. The minimum absolute atomic E-state index is 0.0864. The lowest BCUT2D eigenvalue weighted by molar-refractivity contribution is 0.0698. The molecular formula is C12H13N3O5S. The van der Waals surface area contributed by atoms with Gasteiger partial charge in [0, 0.05) is 5.69 Å². The van der Waals surface area contributed by atoms with Crippen molar-refractivity contribution in [3.05, 3.63) is 35.2 Å². The van der Waals surface area contributed by atoms with Crippen molar-refractivity contribution in [3.63, 3.8) is 0 Å². The lowest BCUT2D eigenvalue weighted by Gasteiger charge is -2.10. The van der Waals surface area contributed by atoms with Crippen LogP contribution < -0.4 is 10.5 Å². The van der Waals surface area contributed by atoms with E-state index < -0.39 is 16.0 Å². The summed E-state index contributed by atoms with van der Waals surface area (Å²) in [6.45, 7) is 2.93. The average molecular weight is 311 g/mol. The summed E-state index contributed by atoms with van der Waals surface area (Å²) in [5, 5.41) is 12.7. The van der Waals surface area contributed by atoms with E-state index in [0.717, 1.165) is 0 Å². The van der Waals surface area contributed by atoms with Gasteiger partial charge < -0.3 is 15.4 Å². The van der Waals surface area contributed by atoms with Crippen LogP contribution in [0.4, 0.5) is 11.4 Å². The summed E-state index contributed by atoms with van der Waals surface area (Å²) in [5.74, 6) is -1.17. The van der Waals surface area contributed by atoms with Crippen molar-refractivity contribution in [3.8, 4) is 0 Å². The number of carboxylic acids is 1. The normalized spacial score (nSPS) is 11.3. The Morgan fingerprint density at radius 2 is 2.05 bits per heavy atom. The molecule has 0 fully saturated rings. The molecule has 0 aliphatic rings. The quantitative estimate of drug-likeness (QED) is 0.725. The van der Waals surface area contributed by atoms with Crippen molar-refractivity contribution >= 4 is 27.4 Å². The number of hydrogen-bond acceptors (Lipinski definition) is 6. The Labute approximate surface area is 120 Å². The second kappa shape index (κ2) is 5.09. The van der Waals surface area contributed by atoms with Crippen LogP contribution in [0.25, 0.3) is 0 Å². The third-order valence-electron chi connectivity index (χ3n) is 2.75. The number of carboxylic acid groups (broad SMARTS) is 1. The van der Waals surface area contributed by atoms with E-state index in [4.69, 9.17) is 15.4 Å². The summed E-state index contributed by atoms with van der Waals surface area (Å²) in [4.78, 5) is 11.0. The molecule has 0 aliphatic carbocycles. The van der Waals surface area contributed by atoms with Gasteiger partial charge in [-0.2, -0.15) is 0 Å². The van der Waals surface area contributed by atoms with Crippen LogP contribution in [0, 0.1) is 13.8 Å². The zero-order valence-electron chi connectivity index (χ0n) is 11.2. The molecule has 9 heteroatoms. The molecule has 0 radical (unpaired) electrons. The molecule has 21 heavy (non-hydrogen) atoms. The number of benzene rings is 1. The zero-order chi connectivity index (χ0) is 15.8. The van der Waals surface area contributed by atoms with Crippen LogP contribution in [0.3, 0.4) is 0 Å². The number of sulfonamides is 1. The highest BCUT2D eigenvalue weighted by Gasteiger charge is 2.25. The van der Waals surface area contributed by atoms with Gasteiger partial charge in [-0.15, -0.1) is 0 Å². The first kappa shape index (κ1) is 14.9. The number of carbonyl (C=O) groups is 1. The van der Waals surface area contributed by atoms with Crippen molar-refractivity contribution in [2.75, 3.05) is 10.5 Å². The lowest BCUT2D eigenvalue weighted by Crippen LogP contribution is -2.17. The molecule has 1 aromatic carbocycles. The van der Waals surface area contributed by atoms with E-state index in [-0.39, 0.29) is 33.3 Å². The molecule has 2 aromatic rings. The second-order valence-electron chi connectivity index (χ2n) is 4.37. The third kappa shape index (κ3) is 2.82. The van der Waals surface area contributed by atoms with E-state index in [1.54, 1.807) is 0 Å². The van der Waals surface area contributed by atoms with Crippen LogP contribution >= 0.6 is 0 Å². The maximum atomic E-state index is 12.3. The molecule has 0 spiro atoms. The highest BCUT2D eigenvalue weighted by molar-refractivity contribution is 7.92. The number of nitrogens with zero attached hydrogens (tertiary/aromatic N) is 1. The standard InChI is InChI=1S/C12H13N3O5S/c1-6-11(7(2)20-14-6)21(18,19)15-10-4-3-8(13)5-9(10)12(16)17/h3-5,15H,13H2,1-2H3,(H,16,17). The molecule has 0 atom stereocenters. The minimum Gasteiger partial charge on any atom is -0.478 e. The summed E-state index contributed by atoms with van der Waals surface area (Å²) in [6.07, 6.45) is 0. The third-order valence-corrected chi connectivity index (χ3v) is 4.36. The number of aromatic nitrogens is 1. The first-order valence-electron chi connectivity index (χ1n) is 5.81. The monoisotopic (exact) mass is 311 g/mol. The molecule has 0 unspecified atom stereocenters. The van der Waals surface area contributed by atoms with Crippen molar-refractivity contribution < 1.29 is 22.8 Å². The molecular weight excluding hydrogens is 298 g/mol. The summed E-state index contributed by atoms with van der Waals surface area (Å²) >= 11 is 0. The number of aromatic carboxylic acids is 1. The molecule has 112 valence electrons. The molecule has 1 aromatic heterocycles. The van der Waals surface area contributed by atoms with Gasteiger partial charge in [-0.05, 0) is 32.0 Å². The van der Waals surface area contributed by atoms with Crippen molar-refractivity contribution in [2.24, 2.45) is 0 Å². The van der Waals surface area contributed by atoms with Crippen LogP contribution in [-0.2, 0) is 10.0 Å². The van der Waals surface area contributed by atoms with Crippen LogP contribution in [0.15, 0.2) is 27.6 Å². The van der Waals surface area contributed by atoms with Gasteiger partial charge in [-0.3, -0.25) is 4.72 Å². The Morgan fingerprint density at radius 3 is 2.57 bits per heavy atom.